The van der Waals surface area contributed by atoms with Gasteiger partial charge in [0.2, 0.25) is 5.91 Å². The minimum Gasteiger partial charge on any atom is -0.468 e. The third-order valence-electron chi connectivity index (χ3n) is 4.90. The van der Waals surface area contributed by atoms with Crippen LogP contribution in [0.25, 0.3) is 0 Å². The standard InChI is InChI=1S/C19H28N2O3/c1-24-17(22)16(14-15-10-6-5-7-11-15)21-19(18(20)23)12-8-3-2-4-9-13-19/h5-7,10-11,16,21H,2-4,8-9,12-14H2,1H3,(H2,20,23)/t16-/m0/s1. The Morgan fingerprint density at radius 1 is 1.12 bits per heavy atom. The first kappa shape index (κ1) is 18.5. The fourth-order valence-electron chi connectivity index (χ4n) is 3.49. The smallest absolute Gasteiger partial charge is 0.323 e. The molecule has 24 heavy (non-hydrogen) atoms. The van der Waals surface area contributed by atoms with Gasteiger partial charge >= 0.3 is 5.97 Å². The van der Waals surface area contributed by atoms with Crippen molar-refractivity contribution in [3.8, 4) is 0 Å². The van der Waals surface area contributed by atoms with Crippen molar-refractivity contribution in [1.82, 2.24) is 5.32 Å². The molecule has 0 unspecified atom stereocenters. The Labute approximate surface area is 143 Å². The third kappa shape index (κ3) is 4.81. The summed E-state index contributed by atoms with van der Waals surface area (Å²) in [6.45, 7) is 0. The van der Waals surface area contributed by atoms with Gasteiger partial charge in [0.1, 0.15) is 6.04 Å². The van der Waals surface area contributed by atoms with Crippen LogP contribution < -0.4 is 11.1 Å². The zero-order valence-corrected chi connectivity index (χ0v) is 14.4. The molecule has 0 aromatic heterocycles. The summed E-state index contributed by atoms with van der Waals surface area (Å²) in [5, 5.41) is 3.29. The Hall–Kier alpha value is -1.88. The molecule has 0 saturated heterocycles. The van der Waals surface area contributed by atoms with Crippen molar-refractivity contribution in [2.75, 3.05) is 7.11 Å². The Balaban J connectivity index is 2.20. The molecular formula is C19H28N2O3. The van der Waals surface area contributed by atoms with E-state index in [4.69, 9.17) is 10.5 Å². The molecule has 3 N–H and O–H groups in total. The molecule has 1 amide bonds. The number of esters is 1. The molecule has 132 valence electrons. The predicted molar refractivity (Wildman–Crippen MR) is 93.3 cm³/mol. The molecule has 1 fully saturated rings. The van der Waals surface area contributed by atoms with E-state index in [1.165, 1.54) is 13.5 Å². The monoisotopic (exact) mass is 332 g/mol. The Morgan fingerprint density at radius 2 is 1.71 bits per heavy atom. The minimum absolute atomic E-state index is 0.360. The lowest BCUT2D eigenvalue weighted by Crippen LogP contribution is -2.61. The van der Waals surface area contributed by atoms with Crippen LogP contribution in [0.2, 0.25) is 0 Å². The fourth-order valence-corrected chi connectivity index (χ4v) is 3.49. The van der Waals surface area contributed by atoms with Gasteiger partial charge in [-0.2, -0.15) is 0 Å². The van der Waals surface area contributed by atoms with E-state index >= 15 is 0 Å². The largest absolute Gasteiger partial charge is 0.468 e. The maximum absolute atomic E-state index is 12.3. The summed E-state index contributed by atoms with van der Waals surface area (Å²) in [4.78, 5) is 24.5. The van der Waals surface area contributed by atoms with E-state index in [1.807, 2.05) is 30.3 Å². The van der Waals surface area contributed by atoms with Crippen molar-refractivity contribution in [2.45, 2.75) is 62.9 Å². The number of amides is 1. The van der Waals surface area contributed by atoms with Crippen molar-refractivity contribution < 1.29 is 14.3 Å². The number of rotatable bonds is 6. The highest BCUT2D eigenvalue weighted by Crippen LogP contribution is 2.27. The third-order valence-corrected chi connectivity index (χ3v) is 4.90. The van der Waals surface area contributed by atoms with Crippen LogP contribution >= 0.6 is 0 Å². The summed E-state index contributed by atoms with van der Waals surface area (Å²) < 4.78 is 4.95. The van der Waals surface area contributed by atoms with Crippen LogP contribution in [0.3, 0.4) is 0 Å². The zero-order valence-electron chi connectivity index (χ0n) is 14.4. The van der Waals surface area contributed by atoms with Crippen LogP contribution in [-0.4, -0.2) is 30.6 Å². The number of primary amides is 1. The number of ether oxygens (including phenoxy) is 1. The fraction of sp³-hybridized carbons (Fsp3) is 0.579. The average molecular weight is 332 g/mol. The average Bonchev–Trinajstić information content (AvgIpc) is 2.56. The van der Waals surface area contributed by atoms with Crippen molar-refractivity contribution in [3.63, 3.8) is 0 Å². The number of hydrogen-bond acceptors (Lipinski definition) is 4. The molecule has 5 heteroatoms. The predicted octanol–water partition coefficient (Wildman–Crippen LogP) is 2.33. The second-order valence-corrected chi connectivity index (χ2v) is 6.62. The van der Waals surface area contributed by atoms with Crippen molar-refractivity contribution in [3.05, 3.63) is 35.9 Å². The summed E-state index contributed by atoms with van der Waals surface area (Å²) >= 11 is 0. The molecule has 1 aromatic carbocycles. The maximum atomic E-state index is 12.3. The van der Waals surface area contributed by atoms with E-state index in [0.29, 0.717) is 19.3 Å². The molecule has 1 aliphatic carbocycles. The van der Waals surface area contributed by atoms with E-state index in [2.05, 4.69) is 5.32 Å². The summed E-state index contributed by atoms with van der Waals surface area (Å²) in [6, 6.07) is 9.15. The molecule has 0 radical (unpaired) electrons. The van der Waals surface area contributed by atoms with Gasteiger partial charge in [-0.3, -0.25) is 14.9 Å². The van der Waals surface area contributed by atoms with Crippen molar-refractivity contribution >= 4 is 11.9 Å². The molecule has 1 aliphatic rings. The van der Waals surface area contributed by atoms with Gasteiger partial charge in [-0.15, -0.1) is 0 Å². The highest BCUT2D eigenvalue weighted by molar-refractivity contribution is 5.86. The van der Waals surface area contributed by atoms with E-state index in [9.17, 15) is 9.59 Å². The van der Waals surface area contributed by atoms with Crippen LogP contribution in [0.5, 0.6) is 0 Å². The van der Waals surface area contributed by atoms with Gasteiger partial charge in [0.25, 0.3) is 0 Å². The van der Waals surface area contributed by atoms with Gasteiger partial charge in [-0.1, -0.05) is 62.4 Å². The van der Waals surface area contributed by atoms with Gasteiger partial charge in [0, 0.05) is 0 Å². The quantitative estimate of drug-likeness (QED) is 0.783. The van der Waals surface area contributed by atoms with Crippen molar-refractivity contribution in [1.29, 1.82) is 0 Å². The maximum Gasteiger partial charge on any atom is 0.323 e. The van der Waals surface area contributed by atoms with Crippen LogP contribution in [0.1, 0.15) is 50.5 Å². The second-order valence-electron chi connectivity index (χ2n) is 6.62. The molecule has 0 spiro atoms. The van der Waals surface area contributed by atoms with E-state index in [-0.39, 0.29) is 11.9 Å². The number of carbonyl (C=O) groups is 2. The summed E-state index contributed by atoms with van der Waals surface area (Å²) in [5.41, 5.74) is 5.95. The lowest BCUT2D eigenvalue weighted by Gasteiger charge is -2.36. The van der Waals surface area contributed by atoms with Gasteiger partial charge in [0.05, 0.1) is 12.6 Å². The van der Waals surface area contributed by atoms with Gasteiger partial charge < -0.3 is 10.5 Å². The number of benzene rings is 1. The summed E-state index contributed by atoms with van der Waals surface area (Å²) in [5.74, 6) is -0.729. The summed E-state index contributed by atoms with van der Waals surface area (Å²) in [6.07, 6.45) is 7.08. The molecule has 0 bridgehead atoms. The molecule has 1 saturated carbocycles. The Kier molecular flexibility index (Phi) is 6.79. The van der Waals surface area contributed by atoms with Crippen LogP contribution in [0.4, 0.5) is 0 Å². The Bertz CT molecular complexity index is 537. The molecule has 0 aliphatic heterocycles. The van der Waals surface area contributed by atoms with Gasteiger partial charge in [0.15, 0.2) is 0 Å². The highest BCUT2D eigenvalue weighted by Gasteiger charge is 2.39. The molecule has 0 heterocycles. The minimum atomic E-state index is -0.825. The highest BCUT2D eigenvalue weighted by atomic mass is 16.5. The van der Waals surface area contributed by atoms with Crippen LogP contribution in [0.15, 0.2) is 30.3 Å². The first-order valence-electron chi connectivity index (χ1n) is 8.77. The zero-order chi connectivity index (χ0) is 17.4. The van der Waals surface area contributed by atoms with Crippen LogP contribution in [-0.2, 0) is 20.7 Å². The molecule has 5 nitrogen and oxygen atoms in total. The second kappa shape index (κ2) is 8.83. The van der Waals surface area contributed by atoms with Gasteiger partial charge in [-0.25, -0.2) is 0 Å². The molecule has 2 rings (SSSR count). The van der Waals surface area contributed by atoms with Crippen LogP contribution in [0, 0.1) is 0 Å². The number of hydrogen-bond donors (Lipinski definition) is 2. The first-order valence-corrected chi connectivity index (χ1v) is 8.77. The Morgan fingerprint density at radius 3 is 2.25 bits per heavy atom. The van der Waals surface area contributed by atoms with Crippen molar-refractivity contribution in [2.24, 2.45) is 5.73 Å². The SMILES string of the molecule is COC(=O)[C@H](Cc1ccccc1)NC1(C(N)=O)CCCCCCC1. The van der Waals surface area contributed by atoms with Gasteiger partial charge in [-0.05, 0) is 24.8 Å². The normalized spacial score (nSPS) is 18.9. The van der Waals surface area contributed by atoms with E-state index in [1.54, 1.807) is 0 Å². The van der Waals surface area contributed by atoms with E-state index < -0.39 is 11.6 Å². The molecule has 1 aromatic rings. The number of carbonyl (C=O) groups excluding carboxylic acids is 2. The molecule has 1 atom stereocenters. The lowest BCUT2D eigenvalue weighted by atomic mass is 9.82. The lowest BCUT2D eigenvalue weighted by molar-refractivity contribution is -0.144. The summed E-state index contributed by atoms with van der Waals surface area (Å²) in [7, 11) is 1.37. The number of nitrogens with two attached hydrogens (primary N) is 1. The number of methoxy groups -OCH3 is 1. The number of nitrogens with one attached hydrogen (secondary N) is 1. The molecular weight excluding hydrogens is 304 g/mol. The topological polar surface area (TPSA) is 81.4 Å². The van der Waals surface area contributed by atoms with E-state index in [0.717, 1.165) is 31.2 Å². The first-order chi connectivity index (χ1) is 11.6.